The van der Waals surface area contributed by atoms with E-state index in [1.165, 1.54) is 16.7 Å². The van der Waals surface area contributed by atoms with Gasteiger partial charge in [0.1, 0.15) is 0 Å². The minimum atomic E-state index is -2.84. The Morgan fingerprint density at radius 2 is 2.11 bits per heavy atom. The molecule has 100 valence electrons. The van der Waals surface area contributed by atoms with Crippen LogP contribution in [-0.2, 0) is 16.3 Å². The zero-order valence-electron chi connectivity index (χ0n) is 10.8. The highest BCUT2D eigenvalue weighted by Crippen LogP contribution is 2.28. The predicted octanol–water partition coefficient (Wildman–Crippen LogP) is 2.89. The number of alkyl halides is 1. The Kier molecular flexibility index (Phi) is 4.02. The van der Waals surface area contributed by atoms with E-state index in [1.807, 2.05) is 0 Å². The van der Waals surface area contributed by atoms with Gasteiger partial charge in [-0.05, 0) is 43.7 Å². The number of aryl methyl sites for hydroxylation is 2. The van der Waals surface area contributed by atoms with Crippen LogP contribution in [0.4, 0.5) is 0 Å². The maximum atomic E-state index is 11.5. The monoisotopic (exact) mass is 286 g/mol. The fraction of sp³-hybridized carbons (Fsp3) is 0.571. The second kappa shape index (κ2) is 5.22. The van der Waals surface area contributed by atoms with E-state index in [9.17, 15) is 8.42 Å². The third kappa shape index (κ3) is 3.27. The molecule has 0 aliphatic carbocycles. The Labute approximate surface area is 114 Å². The van der Waals surface area contributed by atoms with Crippen LogP contribution in [0.25, 0.3) is 0 Å². The van der Waals surface area contributed by atoms with Crippen LogP contribution in [0.1, 0.15) is 23.1 Å². The Hall–Kier alpha value is -0.540. The molecular formula is C14H19ClO2S. The van der Waals surface area contributed by atoms with Gasteiger partial charge < -0.3 is 0 Å². The maximum Gasteiger partial charge on any atom is 0.150 e. The van der Waals surface area contributed by atoms with Crippen molar-refractivity contribution in [3.63, 3.8) is 0 Å². The molecule has 4 heteroatoms. The number of benzene rings is 1. The van der Waals surface area contributed by atoms with Crippen LogP contribution in [0, 0.1) is 19.8 Å². The summed E-state index contributed by atoms with van der Waals surface area (Å²) in [5.41, 5.74) is 3.69. The highest BCUT2D eigenvalue weighted by molar-refractivity contribution is 7.91. The van der Waals surface area contributed by atoms with Gasteiger partial charge in [-0.2, -0.15) is 0 Å². The van der Waals surface area contributed by atoms with Crippen LogP contribution < -0.4 is 0 Å². The van der Waals surface area contributed by atoms with E-state index in [1.54, 1.807) is 0 Å². The molecule has 1 heterocycles. The molecule has 18 heavy (non-hydrogen) atoms. The lowest BCUT2D eigenvalue weighted by atomic mass is 9.95. The highest BCUT2D eigenvalue weighted by atomic mass is 35.5. The van der Waals surface area contributed by atoms with Crippen LogP contribution >= 0.6 is 11.6 Å². The molecule has 2 nitrogen and oxygen atoms in total. The van der Waals surface area contributed by atoms with E-state index >= 15 is 0 Å². The van der Waals surface area contributed by atoms with Gasteiger partial charge >= 0.3 is 0 Å². The third-order valence-corrected chi connectivity index (χ3v) is 6.00. The van der Waals surface area contributed by atoms with Crippen molar-refractivity contribution in [2.45, 2.75) is 32.1 Å². The van der Waals surface area contributed by atoms with E-state index in [0.717, 1.165) is 6.42 Å². The molecular weight excluding hydrogens is 268 g/mol. The van der Waals surface area contributed by atoms with Crippen LogP contribution in [0.15, 0.2) is 18.2 Å². The van der Waals surface area contributed by atoms with Gasteiger partial charge in [0.15, 0.2) is 9.84 Å². The van der Waals surface area contributed by atoms with Gasteiger partial charge in [0.25, 0.3) is 0 Å². The lowest BCUT2D eigenvalue weighted by Gasteiger charge is -2.17. The summed E-state index contributed by atoms with van der Waals surface area (Å²) in [7, 11) is -2.84. The first-order chi connectivity index (χ1) is 8.37. The van der Waals surface area contributed by atoms with Gasteiger partial charge in [0.2, 0.25) is 0 Å². The number of hydrogen-bond donors (Lipinski definition) is 0. The Morgan fingerprint density at radius 1 is 1.39 bits per heavy atom. The quantitative estimate of drug-likeness (QED) is 0.801. The number of halogens is 1. The van der Waals surface area contributed by atoms with Gasteiger partial charge in [0, 0.05) is 5.38 Å². The molecule has 2 unspecified atom stereocenters. The topological polar surface area (TPSA) is 34.1 Å². The average Bonchev–Trinajstić information content (AvgIpc) is 2.64. The lowest BCUT2D eigenvalue weighted by molar-refractivity contribution is 0.549. The summed E-state index contributed by atoms with van der Waals surface area (Å²) in [5.74, 6) is 0.663. The largest absolute Gasteiger partial charge is 0.229 e. The molecule has 0 aromatic heterocycles. The molecule has 2 atom stereocenters. The van der Waals surface area contributed by atoms with Crippen molar-refractivity contribution < 1.29 is 8.42 Å². The first-order valence-electron chi connectivity index (χ1n) is 6.28. The van der Waals surface area contributed by atoms with Crippen molar-refractivity contribution in [1.29, 1.82) is 0 Å². The maximum absolute atomic E-state index is 11.5. The molecule has 0 N–H and O–H groups in total. The predicted molar refractivity (Wildman–Crippen MR) is 76.0 cm³/mol. The van der Waals surface area contributed by atoms with Crippen LogP contribution in [0.3, 0.4) is 0 Å². The van der Waals surface area contributed by atoms with E-state index in [0.29, 0.717) is 12.2 Å². The molecule has 1 aliphatic rings. The first kappa shape index (κ1) is 13.9. The van der Waals surface area contributed by atoms with Crippen molar-refractivity contribution >= 4 is 21.4 Å². The van der Waals surface area contributed by atoms with Crippen molar-refractivity contribution in [3.8, 4) is 0 Å². The molecule has 1 aromatic carbocycles. The highest BCUT2D eigenvalue weighted by Gasteiger charge is 2.32. The molecule has 0 bridgehead atoms. The lowest BCUT2D eigenvalue weighted by Crippen LogP contribution is -2.19. The van der Waals surface area contributed by atoms with E-state index in [-0.39, 0.29) is 17.0 Å². The summed E-state index contributed by atoms with van der Waals surface area (Å²) in [5, 5.41) is -0.0808. The zero-order valence-corrected chi connectivity index (χ0v) is 12.4. The average molecular weight is 287 g/mol. The van der Waals surface area contributed by atoms with Crippen LogP contribution in [0.2, 0.25) is 0 Å². The molecule has 1 aliphatic heterocycles. The number of sulfone groups is 1. The normalized spacial score (nSPS) is 24.1. The van der Waals surface area contributed by atoms with Crippen molar-refractivity contribution in [3.05, 3.63) is 34.9 Å². The van der Waals surface area contributed by atoms with E-state index < -0.39 is 9.84 Å². The minimum absolute atomic E-state index is 0.0808. The Balaban J connectivity index is 2.08. The molecule has 1 saturated heterocycles. The van der Waals surface area contributed by atoms with E-state index in [2.05, 4.69) is 32.0 Å². The Bertz CT molecular complexity index is 537. The van der Waals surface area contributed by atoms with E-state index in [4.69, 9.17) is 11.6 Å². The van der Waals surface area contributed by atoms with Crippen molar-refractivity contribution in [2.75, 3.05) is 11.5 Å². The molecule has 0 spiro atoms. The van der Waals surface area contributed by atoms with Gasteiger partial charge in [-0.1, -0.05) is 23.8 Å². The summed E-state index contributed by atoms with van der Waals surface area (Å²) < 4.78 is 22.9. The molecule has 1 aromatic rings. The first-order valence-corrected chi connectivity index (χ1v) is 8.54. The fourth-order valence-electron chi connectivity index (χ4n) is 2.51. The minimum Gasteiger partial charge on any atom is -0.229 e. The summed E-state index contributed by atoms with van der Waals surface area (Å²) >= 11 is 6.41. The fourth-order valence-corrected chi connectivity index (χ4v) is 4.87. The molecule has 0 amide bonds. The second-order valence-electron chi connectivity index (χ2n) is 5.31. The summed E-state index contributed by atoms with van der Waals surface area (Å²) in [6, 6.07) is 6.33. The van der Waals surface area contributed by atoms with Gasteiger partial charge in [-0.3, -0.25) is 0 Å². The molecule has 0 radical (unpaired) electrons. The van der Waals surface area contributed by atoms with Gasteiger partial charge in [-0.25, -0.2) is 8.42 Å². The molecule has 2 rings (SSSR count). The summed E-state index contributed by atoms with van der Waals surface area (Å²) in [4.78, 5) is 0. The molecule has 1 fully saturated rings. The summed E-state index contributed by atoms with van der Waals surface area (Å²) in [6.07, 6.45) is 1.47. The van der Waals surface area contributed by atoms with Gasteiger partial charge in [-0.15, -0.1) is 11.6 Å². The third-order valence-electron chi connectivity index (χ3n) is 3.70. The zero-order chi connectivity index (χ0) is 13.3. The Morgan fingerprint density at radius 3 is 2.72 bits per heavy atom. The second-order valence-corrected chi connectivity index (χ2v) is 8.10. The van der Waals surface area contributed by atoms with Crippen LogP contribution in [0.5, 0.6) is 0 Å². The van der Waals surface area contributed by atoms with Gasteiger partial charge in [0.05, 0.1) is 11.5 Å². The smallest absolute Gasteiger partial charge is 0.150 e. The molecule has 0 saturated carbocycles. The van der Waals surface area contributed by atoms with Crippen molar-refractivity contribution in [1.82, 2.24) is 0 Å². The van der Waals surface area contributed by atoms with Crippen LogP contribution in [-0.4, -0.2) is 25.3 Å². The standard InChI is InChI=1S/C14H19ClO2S/c1-10-3-4-11(2)13(7-10)8-14(15)12-5-6-18(16,17)9-12/h3-4,7,12,14H,5-6,8-9H2,1-2H3. The number of rotatable bonds is 3. The number of hydrogen-bond acceptors (Lipinski definition) is 2. The van der Waals surface area contributed by atoms with Crippen molar-refractivity contribution in [2.24, 2.45) is 5.92 Å². The summed E-state index contributed by atoms with van der Waals surface area (Å²) in [6.45, 7) is 4.13. The SMILES string of the molecule is Cc1ccc(C)c(CC(Cl)C2CCS(=O)(=O)C2)c1.